The minimum Gasteiger partial charge on any atom is -0.353 e. The van der Waals surface area contributed by atoms with E-state index in [-0.39, 0.29) is 25.0 Å². The van der Waals surface area contributed by atoms with Crippen LogP contribution in [0.5, 0.6) is 0 Å². The van der Waals surface area contributed by atoms with Gasteiger partial charge in [0.2, 0.25) is 11.8 Å². The standard InChI is InChI=1S/C14H24N2O6S/c1-3-13(17)15-9-5-7-11-21-23(19,20)22-12-8-6-10-16-14(18)4-2/h3-4H,1-2,5-12H2,(H,15,17)(H,16,18). The highest BCUT2D eigenvalue weighted by molar-refractivity contribution is 7.81. The third-order valence-corrected chi connectivity index (χ3v) is 3.48. The van der Waals surface area contributed by atoms with Crippen LogP contribution in [0.25, 0.3) is 0 Å². The molecule has 0 aliphatic heterocycles. The molecule has 0 fully saturated rings. The van der Waals surface area contributed by atoms with Gasteiger partial charge in [0, 0.05) is 13.1 Å². The van der Waals surface area contributed by atoms with Crippen molar-refractivity contribution in [2.45, 2.75) is 25.7 Å². The van der Waals surface area contributed by atoms with Crippen LogP contribution in [-0.2, 0) is 28.4 Å². The fourth-order valence-electron chi connectivity index (χ4n) is 1.38. The van der Waals surface area contributed by atoms with Crippen molar-refractivity contribution in [3.63, 3.8) is 0 Å². The summed E-state index contributed by atoms with van der Waals surface area (Å²) >= 11 is 0. The van der Waals surface area contributed by atoms with Crippen molar-refractivity contribution in [2.75, 3.05) is 26.3 Å². The van der Waals surface area contributed by atoms with Gasteiger partial charge in [-0.05, 0) is 37.8 Å². The molecule has 8 nitrogen and oxygen atoms in total. The highest BCUT2D eigenvalue weighted by Gasteiger charge is 2.11. The number of amides is 2. The van der Waals surface area contributed by atoms with Crippen molar-refractivity contribution < 1.29 is 26.4 Å². The normalized spacial score (nSPS) is 10.8. The summed E-state index contributed by atoms with van der Waals surface area (Å²) in [6, 6.07) is 0. The Balaban J connectivity index is 3.58. The number of hydrogen-bond acceptors (Lipinski definition) is 6. The van der Waals surface area contributed by atoms with E-state index in [1.165, 1.54) is 0 Å². The summed E-state index contributed by atoms with van der Waals surface area (Å²) in [7, 11) is -4.00. The summed E-state index contributed by atoms with van der Waals surface area (Å²) in [6.07, 6.45) is 4.42. The van der Waals surface area contributed by atoms with Gasteiger partial charge in [-0.25, -0.2) is 8.37 Å². The van der Waals surface area contributed by atoms with E-state index in [9.17, 15) is 18.0 Å². The lowest BCUT2D eigenvalue weighted by atomic mass is 10.3. The van der Waals surface area contributed by atoms with Gasteiger partial charge >= 0.3 is 10.4 Å². The molecule has 2 N–H and O–H groups in total. The van der Waals surface area contributed by atoms with Crippen LogP contribution in [0, 0.1) is 0 Å². The fourth-order valence-corrected chi connectivity index (χ4v) is 2.09. The molecule has 0 aromatic heterocycles. The van der Waals surface area contributed by atoms with Crippen LogP contribution in [0.2, 0.25) is 0 Å². The Morgan fingerprint density at radius 1 is 0.826 bits per heavy atom. The molecule has 0 aromatic carbocycles. The Kier molecular flexibility index (Phi) is 11.8. The molecule has 0 aliphatic carbocycles. The molecule has 132 valence electrons. The first kappa shape index (κ1) is 21.3. The Bertz CT molecular complexity index is 451. The van der Waals surface area contributed by atoms with Crippen molar-refractivity contribution in [1.29, 1.82) is 0 Å². The van der Waals surface area contributed by atoms with Crippen LogP contribution in [0.4, 0.5) is 0 Å². The van der Waals surface area contributed by atoms with E-state index >= 15 is 0 Å². The number of nitrogens with one attached hydrogen (secondary N) is 2. The summed E-state index contributed by atoms with van der Waals surface area (Å²) in [6.45, 7) is 7.44. The second kappa shape index (κ2) is 12.8. The molecule has 0 heterocycles. The Morgan fingerprint density at radius 2 is 1.22 bits per heavy atom. The molecular formula is C14H24N2O6S. The molecule has 0 aromatic rings. The van der Waals surface area contributed by atoms with E-state index in [0.717, 1.165) is 12.2 Å². The third-order valence-electron chi connectivity index (χ3n) is 2.57. The van der Waals surface area contributed by atoms with E-state index in [4.69, 9.17) is 0 Å². The van der Waals surface area contributed by atoms with Crippen molar-refractivity contribution in [3.05, 3.63) is 25.3 Å². The Morgan fingerprint density at radius 3 is 1.57 bits per heavy atom. The monoisotopic (exact) mass is 348 g/mol. The second-order valence-electron chi connectivity index (χ2n) is 4.46. The summed E-state index contributed by atoms with van der Waals surface area (Å²) < 4.78 is 32.1. The third kappa shape index (κ3) is 13.7. The maximum atomic E-state index is 11.4. The van der Waals surface area contributed by atoms with Crippen LogP contribution >= 0.6 is 0 Å². The molecule has 0 saturated heterocycles. The summed E-state index contributed by atoms with van der Waals surface area (Å²) in [5, 5.41) is 5.13. The van der Waals surface area contributed by atoms with Crippen LogP contribution in [0.3, 0.4) is 0 Å². The van der Waals surface area contributed by atoms with E-state index in [1.54, 1.807) is 0 Å². The van der Waals surface area contributed by atoms with Crippen LogP contribution in [0.1, 0.15) is 25.7 Å². The Hall–Kier alpha value is -1.71. The highest BCUT2D eigenvalue weighted by atomic mass is 32.3. The summed E-state index contributed by atoms with van der Waals surface area (Å²) in [5.74, 6) is -0.544. The predicted molar refractivity (Wildman–Crippen MR) is 85.7 cm³/mol. The largest absolute Gasteiger partial charge is 0.399 e. The minimum absolute atomic E-state index is 0.0122. The SMILES string of the molecule is C=CC(=O)NCCCCOS(=O)(=O)OCCCCNC(=O)C=C. The molecule has 0 rings (SSSR count). The van der Waals surface area contributed by atoms with Gasteiger partial charge in [0.15, 0.2) is 0 Å². The molecule has 0 bridgehead atoms. The lowest BCUT2D eigenvalue weighted by molar-refractivity contribution is -0.117. The van der Waals surface area contributed by atoms with Crippen LogP contribution in [-0.4, -0.2) is 46.5 Å². The van der Waals surface area contributed by atoms with Crippen LogP contribution in [0.15, 0.2) is 25.3 Å². The molecule has 0 saturated carbocycles. The van der Waals surface area contributed by atoms with E-state index in [0.29, 0.717) is 38.8 Å². The maximum Gasteiger partial charge on any atom is 0.399 e. The molecule has 9 heteroatoms. The molecular weight excluding hydrogens is 324 g/mol. The van der Waals surface area contributed by atoms with E-state index < -0.39 is 10.4 Å². The van der Waals surface area contributed by atoms with E-state index in [2.05, 4.69) is 32.2 Å². The Labute approximate surface area is 137 Å². The lowest BCUT2D eigenvalue weighted by Crippen LogP contribution is -2.22. The van der Waals surface area contributed by atoms with Gasteiger partial charge in [-0.1, -0.05) is 13.2 Å². The van der Waals surface area contributed by atoms with Gasteiger partial charge in [-0.3, -0.25) is 9.59 Å². The second-order valence-corrected chi connectivity index (χ2v) is 5.74. The van der Waals surface area contributed by atoms with Gasteiger partial charge < -0.3 is 10.6 Å². The first-order chi connectivity index (χ1) is 10.9. The molecule has 2 amide bonds. The van der Waals surface area contributed by atoms with Gasteiger partial charge in [0.1, 0.15) is 0 Å². The first-order valence-corrected chi connectivity index (χ1v) is 8.59. The lowest BCUT2D eigenvalue weighted by Gasteiger charge is -2.06. The average Bonchev–Trinajstić information content (AvgIpc) is 2.53. The molecule has 0 unspecified atom stereocenters. The van der Waals surface area contributed by atoms with Crippen LogP contribution < -0.4 is 10.6 Å². The van der Waals surface area contributed by atoms with Gasteiger partial charge in [-0.2, -0.15) is 8.42 Å². The quantitative estimate of drug-likeness (QED) is 0.348. The first-order valence-electron chi connectivity index (χ1n) is 7.25. The number of hydrogen-bond donors (Lipinski definition) is 2. The molecule has 0 atom stereocenters. The van der Waals surface area contributed by atoms with Gasteiger partial charge in [0.25, 0.3) is 0 Å². The van der Waals surface area contributed by atoms with Crippen molar-refractivity contribution in [1.82, 2.24) is 10.6 Å². The zero-order valence-electron chi connectivity index (χ0n) is 13.1. The average molecular weight is 348 g/mol. The van der Waals surface area contributed by atoms with Crippen molar-refractivity contribution in [3.8, 4) is 0 Å². The number of carbonyl (C=O) groups is 2. The fraction of sp³-hybridized carbons (Fsp3) is 0.571. The number of rotatable bonds is 14. The van der Waals surface area contributed by atoms with Gasteiger partial charge in [-0.15, -0.1) is 0 Å². The zero-order chi connectivity index (χ0) is 17.6. The summed E-state index contributed by atoms with van der Waals surface area (Å²) in [4.78, 5) is 21.7. The topological polar surface area (TPSA) is 111 Å². The van der Waals surface area contributed by atoms with Crippen molar-refractivity contribution >= 4 is 22.2 Å². The smallest absolute Gasteiger partial charge is 0.353 e. The number of unbranched alkanes of at least 4 members (excludes halogenated alkanes) is 2. The highest BCUT2D eigenvalue weighted by Crippen LogP contribution is 2.01. The minimum atomic E-state index is -4.00. The molecule has 0 radical (unpaired) electrons. The summed E-state index contributed by atoms with van der Waals surface area (Å²) in [5.41, 5.74) is 0. The van der Waals surface area contributed by atoms with E-state index in [1.807, 2.05) is 0 Å². The van der Waals surface area contributed by atoms with Crippen molar-refractivity contribution in [2.24, 2.45) is 0 Å². The number of carbonyl (C=O) groups excluding carboxylic acids is 2. The van der Waals surface area contributed by atoms with Gasteiger partial charge in [0.05, 0.1) is 13.2 Å². The zero-order valence-corrected chi connectivity index (χ0v) is 13.9. The molecule has 0 aliphatic rings. The molecule has 23 heavy (non-hydrogen) atoms. The maximum absolute atomic E-state index is 11.4. The predicted octanol–water partition coefficient (Wildman–Crippen LogP) is 0.429. The molecule has 0 spiro atoms.